The van der Waals surface area contributed by atoms with Crippen molar-refractivity contribution in [2.75, 3.05) is 7.05 Å². The largest absolute Gasteiger partial charge is 0.345 e. The molecule has 2 N–H and O–H groups in total. The first-order valence-corrected chi connectivity index (χ1v) is 9.27. The maximum absolute atomic E-state index is 12.5. The van der Waals surface area contributed by atoms with E-state index in [9.17, 15) is 13.2 Å². The van der Waals surface area contributed by atoms with Crippen molar-refractivity contribution in [3.63, 3.8) is 0 Å². The number of aryl methyl sites for hydroxylation is 1. The lowest BCUT2D eigenvalue weighted by atomic mass is 9.99. The van der Waals surface area contributed by atoms with Crippen molar-refractivity contribution in [3.05, 3.63) is 65.2 Å². The first-order chi connectivity index (χ1) is 11.4. The predicted octanol–water partition coefficient (Wildman–Crippen LogP) is 2.78. The van der Waals surface area contributed by atoms with E-state index in [1.807, 2.05) is 38.1 Å². The van der Waals surface area contributed by atoms with Crippen molar-refractivity contribution in [1.82, 2.24) is 10.0 Å². The smallest absolute Gasteiger partial charge is 0.251 e. The number of rotatable bonds is 6. The average Bonchev–Trinajstić information content (AvgIpc) is 2.60. The van der Waals surface area contributed by atoms with Crippen LogP contribution in [0.15, 0.2) is 53.4 Å². The summed E-state index contributed by atoms with van der Waals surface area (Å²) >= 11 is 0. The van der Waals surface area contributed by atoms with Crippen LogP contribution in [0.25, 0.3) is 0 Å². The lowest BCUT2D eigenvalue weighted by molar-refractivity contribution is 0.0935. The van der Waals surface area contributed by atoms with Gasteiger partial charge in [-0.1, -0.05) is 37.3 Å². The summed E-state index contributed by atoms with van der Waals surface area (Å²) in [5.74, 6) is -0.293. The van der Waals surface area contributed by atoms with Gasteiger partial charge in [-0.15, -0.1) is 0 Å². The van der Waals surface area contributed by atoms with E-state index in [1.54, 1.807) is 12.1 Å². The minimum Gasteiger partial charge on any atom is -0.345 e. The second-order valence-electron chi connectivity index (χ2n) is 5.53. The first kappa shape index (κ1) is 18.2. The fourth-order valence-corrected chi connectivity index (χ4v) is 3.32. The van der Waals surface area contributed by atoms with Gasteiger partial charge < -0.3 is 5.32 Å². The van der Waals surface area contributed by atoms with Crippen LogP contribution in [-0.2, 0) is 10.0 Å². The van der Waals surface area contributed by atoms with Crippen molar-refractivity contribution in [2.24, 2.45) is 0 Å². The second-order valence-corrected chi connectivity index (χ2v) is 7.41. The third-order valence-corrected chi connectivity index (χ3v) is 5.36. The van der Waals surface area contributed by atoms with E-state index >= 15 is 0 Å². The minimum absolute atomic E-state index is 0.0709. The molecule has 24 heavy (non-hydrogen) atoms. The number of nitrogens with one attached hydrogen (secondary N) is 2. The molecular formula is C18H22N2O3S. The Kier molecular flexibility index (Phi) is 5.75. The summed E-state index contributed by atoms with van der Waals surface area (Å²) in [5, 5.41) is 2.98. The Hall–Kier alpha value is -2.18. The lowest BCUT2D eigenvalue weighted by Crippen LogP contribution is -2.29. The molecule has 2 aromatic rings. The monoisotopic (exact) mass is 346 g/mol. The molecule has 0 radical (unpaired) electrons. The summed E-state index contributed by atoms with van der Waals surface area (Å²) in [6.07, 6.45) is 0.741. The van der Waals surface area contributed by atoms with Crippen LogP contribution in [0.1, 0.15) is 40.9 Å². The van der Waals surface area contributed by atoms with Crippen LogP contribution in [0.5, 0.6) is 0 Å². The maximum Gasteiger partial charge on any atom is 0.251 e. The molecule has 5 nitrogen and oxygen atoms in total. The predicted molar refractivity (Wildman–Crippen MR) is 94.4 cm³/mol. The van der Waals surface area contributed by atoms with Gasteiger partial charge in [-0.25, -0.2) is 13.1 Å². The number of hydrogen-bond acceptors (Lipinski definition) is 3. The van der Waals surface area contributed by atoms with Gasteiger partial charge in [-0.2, -0.15) is 0 Å². The number of benzene rings is 2. The highest BCUT2D eigenvalue weighted by molar-refractivity contribution is 7.89. The molecule has 128 valence electrons. The maximum atomic E-state index is 12.5. The highest BCUT2D eigenvalue weighted by atomic mass is 32.2. The molecule has 0 bridgehead atoms. The number of amides is 1. The molecule has 0 aliphatic carbocycles. The number of carbonyl (C=O) groups is 1. The van der Waals surface area contributed by atoms with Crippen LogP contribution in [0.2, 0.25) is 0 Å². The molecular weight excluding hydrogens is 324 g/mol. The van der Waals surface area contributed by atoms with Crippen LogP contribution in [-0.4, -0.2) is 21.4 Å². The van der Waals surface area contributed by atoms with E-state index in [2.05, 4.69) is 10.0 Å². The SMILES string of the molecule is CCC(NC(=O)c1cccc(S(=O)(=O)NC)c1)c1ccccc1C. The normalized spacial score (nSPS) is 12.6. The minimum atomic E-state index is -3.58. The molecule has 0 saturated heterocycles. The highest BCUT2D eigenvalue weighted by Gasteiger charge is 2.18. The van der Waals surface area contributed by atoms with Crippen LogP contribution < -0.4 is 10.0 Å². The molecule has 0 aliphatic rings. The Morgan fingerprint density at radius 3 is 2.46 bits per heavy atom. The van der Waals surface area contributed by atoms with Gasteiger partial charge in [0.25, 0.3) is 5.91 Å². The standard InChI is InChI=1S/C18H22N2O3S/c1-4-17(16-11-6-5-8-13(16)2)20-18(21)14-9-7-10-15(12-14)24(22,23)19-3/h5-12,17,19H,4H2,1-3H3,(H,20,21). The third-order valence-electron chi connectivity index (χ3n) is 3.95. The van der Waals surface area contributed by atoms with E-state index in [-0.39, 0.29) is 16.8 Å². The van der Waals surface area contributed by atoms with Crippen LogP contribution in [0, 0.1) is 6.92 Å². The lowest BCUT2D eigenvalue weighted by Gasteiger charge is -2.19. The Balaban J connectivity index is 2.26. The molecule has 2 rings (SSSR count). The summed E-state index contributed by atoms with van der Waals surface area (Å²) in [5.41, 5.74) is 2.49. The van der Waals surface area contributed by atoms with Crippen molar-refractivity contribution in [1.29, 1.82) is 0 Å². The van der Waals surface area contributed by atoms with E-state index in [1.165, 1.54) is 19.2 Å². The summed E-state index contributed by atoms with van der Waals surface area (Å²) < 4.78 is 26.0. The van der Waals surface area contributed by atoms with Gasteiger partial charge in [0, 0.05) is 5.56 Å². The molecule has 1 amide bonds. The Bertz CT molecular complexity index is 832. The zero-order valence-electron chi connectivity index (χ0n) is 14.0. The Labute approximate surface area is 143 Å². The zero-order chi connectivity index (χ0) is 17.7. The molecule has 0 fully saturated rings. The van der Waals surface area contributed by atoms with E-state index in [4.69, 9.17) is 0 Å². The average molecular weight is 346 g/mol. The molecule has 0 heterocycles. The van der Waals surface area contributed by atoms with Gasteiger partial charge in [0.1, 0.15) is 0 Å². The van der Waals surface area contributed by atoms with Crippen LogP contribution in [0.3, 0.4) is 0 Å². The summed E-state index contributed by atoms with van der Waals surface area (Å²) in [4.78, 5) is 12.6. The Morgan fingerprint density at radius 1 is 1.12 bits per heavy atom. The zero-order valence-corrected chi connectivity index (χ0v) is 14.9. The molecule has 1 unspecified atom stereocenters. The van der Waals surface area contributed by atoms with Gasteiger partial charge in [0.15, 0.2) is 0 Å². The number of carbonyl (C=O) groups excluding carboxylic acids is 1. The van der Waals surface area contributed by atoms with Crippen molar-refractivity contribution >= 4 is 15.9 Å². The summed E-state index contributed by atoms with van der Waals surface area (Å²) in [6.45, 7) is 4.00. The van der Waals surface area contributed by atoms with Crippen molar-refractivity contribution < 1.29 is 13.2 Å². The highest BCUT2D eigenvalue weighted by Crippen LogP contribution is 2.21. The van der Waals surface area contributed by atoms with Crippen LogP contribution >= 0.6 is 0 Å². The fraction of sp³-hybridized carbons (Fsp3) is 0.278. The number of sulfonamides is 1. The molecule has 0 saturated carbocycles. The summed E-state index contributed by atoms with van der Waals surface area (Å²) in [6, 6.07) is 13.8. The fourth-order valence-electron chi connectivity index (χ4n) is 2.54. The quantitative estimate of drug-likeness (QED) is 0.844. The number of hydrogen-bond donors (Lipinski definition) is 2. The van der Waals surface area contributed by atoms with E-state index in [0.717, 1.165) is 17.5 Å². The topological polar surface area (TPSA) is 75.3 Å². The van der Waals surface area contributed by atoms with Crippen LogP contribution in [0.4, 0.5) is 0 Å². The van der Waals surface area contributed by atoms with Gasteiger partial charge >= 0.3 is 0 Å². The summed E-state index contributed by atoms with van der Waals surface area (Å²) in [7, 11) is -2.24. The molecule has 0 aliphatic heterocycles. The second kappa shape index (κ2) is 7.59. The molecule has 2 aromatic carbocycles. The van der Waals surface area contributed by atoms with Crippen molar-refractivity contribution in [3.8, 4) is 0 Å². The Morgan fingerprint density at radius 2 is 1.83 bits per heavy atom. The van der Waals surface area contributed by atoms with Gasteiger partial charge in [-0.3, -0.25) is 4.79 Å². The van der Waals surface area contributed by atoms with Crippen molar-refractivity contribution in [2.45, 2.75) is 31.2 Å². The van der Waals surface area contributed by atoms with E-state index < -0.39 is 10.0 Å². The third kappa shape index (κ3) is 4.01. The van der Waals surface area contributed by atoms with Gasteiger partial charge in [-0.05, 0) is 49.7 Å². The molecule has 0 aromatic heterocycles. The molecule has 1 atom stereocenters. The molecule has 6 heteroatoms. The first-order valence-electron chi connectivity index (χ1n) is 7.79. The van der Waals surface area contributed by atoms with E-state index in [0.29, 0.717) is 5.56 Å². The van der Waals surface area contributed by atoms with Gasteiger partial charge in [0.2, 0.25) is 10.0 Å². The molecule has 0 spiro atoms. The van der Waals surface area contributed by atoms with Gasteiger partial charge in [0.05, 0.1) is 10.9 Å².